The second kappa shape index (κ2) is 3.49. The average Bonchev–Trinajstić information content (AvgIpc) is 3.10. The molecule has 3 aliphatic carbocycles. The second-order valence-corrected chi connectivity index (χ2v) is 6.99. The third kappa shape index (κ3) is 1.12. The summed E-state index contributed by atoms with van der Waals surface area (Å²) in [6, 6.07) is 2.45. The maximum Gasteiger partial charge on any atom is 0.112 e. The van der Waals surface area contributed by atoms with Crippen molar-refractivity contribution in [3.05, 3.63) is 0 Å². The molecule has 0 spiro atoms. The maximum atomic E-state index is 11.3. The van der Waals surface area contributed by atoms with Gasteiger partial charge in [0.1, 0.15) is 5.41 Å². The number of nitriles is 1. The molecule has 4 fully saturated rings. The highest BCUT2D eigenvalue weighted by molar-refractivity contribution is 5.22. The summed E-state index contributed by atoms with van der Waals surface area (Å²) in [7, 11) is 0. The standard InChI is InChI=1S/C15H21NO2/c16-8-14(4-5-18-9-14)15(17)7-10-6-13(15)12-3-1-2-11(10)12/h10-13,17H,1-7,9H2. The number of ether oxygens (including phenoxy) is 1. The third-order valence-corrected chi connectivity index (χ3v) is 6.56. The summed E-state index contributed by atoms with van der Waals surface area (Å²) in [6.07, 6.45) is 6.70. The number of aliphatic hydroxyl groups is 1. The molecule has 1 heterocycles. The van der Waals surface area contributed by atoms with E-state index in [1.165, 1.54) is 19.3 Å². The van der Waals surface area contributed by atoms with E-state index in [1.807, 2.05) is 0 Å². The monoisotopic (exact) mass is 247 g/mol. The number of fused-ring (bicyclic) bond motifs is 5. The fourth-order valence-electron chi connectivity index (χ4n) is 5.75. The van der Waals surface area contributed by atoms with Crippen LogP contribution >= 0.6 is 0 Å². The van der Waals surface area contributed by atoms with Crippen molar-refractivity contribution < 1.29 is 9.84 Å². The van der Waals surface area contributed by atoms with E-state index in [2.05, 4.69) is 6.07 Å². The summed E-state index contributed by atoms with van der Waals surface area (Å²) in [5.74, 6) is 2.60. The Hall–Kier alpha value is -0.590. The van der Waals surface area contributed by atoms with Crippen LogP contribution in [0.1, 0.15) is 38.5 Å². The van der Waals surface area contributed by atoms with Crippen molar-refractivity contribution in [3.8, 4) is 6.07 Å². The van der Waals surface area contributed by atoms with Gasteiger partial charge in [0.15, 0.2) is 0 Å². The van der Waals surface area contributed by atoms with Crippen molar-refractivity contribution in [1.29, 1.82) is 5.26 Å². The van der Waals surface area contributed by atoms with Gasteiger partial charge < -0.3 is 9.84 Å². The Kier molecular flexibility index (Phi) is 2.18. The zero-order valence-electron chi connectivity index (χ0n) is 10.8. The van der Waals surface area contributed by atoms with Gasteiger partial charge >= 0.3 is 0 Å². The summed E-state index contributed by atoms with van der Waals surface area (Å²) in [5.41, 5.74) is -1.37. The van der Waals surface area contributed by atoms with E-state index in [0.29, 0.717) is 31.0 Å². The zero-order chi connectivity index (χ0) is 12.4. The van der Waals surface area contributed by atoms with E-state index < -0.39 is 11.0 Å². The SMILES string of the molecule is N#CC1(C2(O)CC3CC2C2CCCC32)CCOC1. The Morgan fingerprint density at radius 3 is 2.83 bits per heavy atom. The fraction of sp³-hybridized carbons (Fsp3) is 0.933. The zero-order valence-corrected chi connectivity index (χ0v) is 10.8. The minimum atomic E-state index is -0.756. The minimum absolute atomic E-state index is 0.372. The molecule has 98 valence electrons. The lowest BCUT2D eigenvalue weighted by Crippen LogP contribution is -2.54. The van der Waals surface area contributed by atoms with Crippen LogP contribution in [0.25, 0.3) is 0 Å². The molecule has 4 rings (SSSR count). The van der Waals surface area contributed by atoms with Crippen LogP contribution in [0.15, 0.2) is 0 Å². The normalized spacial score (nSPS) is 57.8. The molecule has 3 saturated carbocycles. The van der Waals surface area contributed by atoms with E-state index in [-0.39, 0.29) is 0 Å². The Morgan fingerprint density at radius 1 is 1.28 bits per heavy atom. The predicted molar refractivity (Wildman–Crippen MR) is 65.5 cm³/mol. The first kappa shape index (κ1) is 11.3. The lowest BCUT2D eigenvalue weighted by molar-refractivity contribution is -0.120. The van der Waals surface area contributed by atoms with Crippen molar-refractivity contribution in [2.75, 3.05) is 13.2 Å². The summed E-state index contributed by atoms with van der Waals surface area (Å²) in [5, 5.41) is 20.9. The van der Waals surface area contributed by atoms with Crippen LogP contribution in [0.5, 0.6) is 0 Å². The molecule has 6 atom stereocenters. The van der Waals surface area contributed by atoms with Gasteiger partial charge in [0.25, 0.3) is 0 Å². The molecular weight excluding hydrogens is 226 g/mol. The molecule has 4 aliphatic rings. The van der Waals surface area contributed by atoms with Crippen LogP contribution in [-0.2, 0) is 4.74 Å². The van der Waals surface area contributed by atoms with Gasteiger partial charge in [-0.2, -0.15) is 5.26 Å². The first-order valence-electron chi connectivity index (χ1n) is 7.42. The first-order chi connectivity index (χ1) is 8.70. The lowest BCUT2D eigenvalue weighted by atomic mass is 9.60. The molecule has 1 aliphatic heterocycles. The van der Waals surface area contributed by atoms with Crippen molar-refractivity contribution in [1.82, 2.24) is 0 Å². The van der Waals surface area contributed by atoms with Crippen molar-refractivity contribution in [3.63, 3.8) is 0 Å². The van der Waals surface area contributed by atoms with Gasteiger partial charge in [-0.15, -0.1) is 0 Å². The largest absolute Gasteiger partial charge is 0.388 e. The minimum Gasteiger partial charge on any atom is -0.388 e. The van der Waals surface area contributed by atoms with Crippen LogP contribution in [-0.4, -0.2) is 23.9 Å². The highest BCUT2D eigenvalue weighted by Gasteiger charge is 2.68. The van der Waals surface area contributed by atoms with Gasteiger partial charge in [-0.25, -0.2) is 0 Å². The van der Waals surface area contributed by atoms with E-state index in [1.54, 1.807) is 0 Å². The van der Waals surface area contributed by atoms with Crippen molar-refractivity contribution in [2.45, 2.75) is 44.1 Å². The topological polar surface area (TPSA) is 53.2 Å². The number of rotatable bonds is 1. The van der Waals surface area contributed by atoms with E-state index >= 15 is 0 Å². The molecule has 3 nitrogen and oxygen atoms in total. The number of hydrogen-bond donors (Lipinski definition) is 1. The molecular formula is C15H21NO2. The molecule has 0 radical (unpaired) electrons. The van der Waals surface area contributed by atoms with Crippen molar-refractivity contribution in [2.24, 2.45) is 29.1 Å². The molecule has 18 heavy (non-hydrogen) atoms. The average molecular weight is 247 g/mol. The third-order valence-electron chi connectivity index (χ3n) is 6.56. The van der Waals surface area contributed by atoms with Crippen molar-refractivity contribution >= 4 is 0 Å². The Balaban J connectivity index is 1.71. The predicted octanol–water partition coefficient (Wildman–Crippen LogP) is 2.10. The van der Waals surface area contributed by atoms with Crippen LogP contribution in [0, 0.1) is 40.4 Å². The summed E-state index contributed by atoms with van der Waals surface area (Å²) in [6.45, 7) is 1.09. The Labute approximate surface area is 108 Å². The maximum absolute atomic E-state index is 11.3. The van der Waals surface area contributed by atoms with Gasteiger partial charge in [-0.1, -0.05) is 6.42 Å². The van der Waals surface area contributed by atoms with Crippen LogP contribution in [0.4, 0.5) is 0 Å². The smallest absolute Gasteiger partial charge is 0.112 e. The molecule has 0 aromatic carbocycles. The van der Waals surface area contributed by atoms with Gasteiger partial charge in [-0.05, 0) is 55.8 Å². The van der Waals surface area contributed by atoms with Gasteiger partial charge in [0, 0.05) is 6.61 Å². The van der Waals surface area contributed by atoms with E-state index in [0.717, 1.165) is 25.2 Å². The van der Waals surface area contributed by atoms with Gasteiger partial charge in [0.05, 0.1) is 18.3 Å². The molecule has 2 bridgehead atoms. The molecule has 0 amide bonds. The molecule has 0 aromatic heterocycles. The van der Waals surface area contributed by atoms with E-state index in [9.17, 15) is 10.4 Å². The summed E-state index contributed by atoms with van der Waals surface area (Å²) in [4.78, 5) is 0. The summed E-state index contributed by atoms with van der Waals surface area (Å²) < 4.78 is 5.47. The number of hydrogen-bond acceptors (Lipinski definition) is 3. The second-order valence-electron chi connectivity index (χ2n) is 6.99. The Bertz CT molecular complexity index is 409. The molecule has 3 heteroatoms. The number of nitrogens with zero attached hydrogens (tertiary/aromatic N) is 1. The molecule has 0 aromatic rings. The van der Waals surface area contributed by atoms with Crippen LogP contribution < -0.4 is 0 Å². The van der Waals surface area contributed by atoms with Crippen LogP contribution in [0.2, 0.25) is 0 Å². The highest BCUT2D eigenvalue weighted by atomic mass is 16.5. The van der Waals surface area contributed by atoms with Gasteiger partial charge in [0.2, 0.25) is 0 Å². The molecule has 6 unspecified atom stereocenters. The molecule has 1 N–H and O–H groups in total. The Morgan fingerprint density at radius 2 is 2.11 bits per heavy atom. The summed E-state index contributed by atoms with van der Waals surface area (Å²) >= 11 is 0. The molecule has 1 saturated heterocycles. The van der Waals surface area contributed by atoms with Crippen LogP contribution in [0.3, 0.4) is 0 Å². The van der Waals surface area contributed by atoms with Gasteiger partial charge in [-0.3, -0.25) is 0 Å². The van der Waals surface area contributed by atoms with E-state index in [4.69, 9.17) is 4.74 Å². The fourth-order valence-corrected chi connectivity index (χ4v) is 5.75. The highest BCUT2D eigenvalue weighted by Crippen LogP contribution is 2.67. The lowest BCUT2D eigenvalue weighted by Gasteiger charge is -2.46. The first-order valence-corrected chi connectivity index (χ1v) is 7.42. The quantitative estimate of drug-likeness (QED) is 0.772.